The molecular weight excluding hydrogens is 250 g/mol. The molecule has 0 heterocycles. The van der Waals surface area contributed by atoms with Crippen LogP contribution in [0.3, 0.4) is 0 Å². The number of carbonyl (C=O) groups excluding carboxylic acids is 2. The molecule has 0 unspecified atom stereocenters. The van der Waals surface area contributed by atoms with Crippen LogP contribution in [0.25, 0.3) is 0 Å². The molecule has 0 fully saturated rings. The Hall–Kier alpha value is -1.33. The Morgan fingerprint density at radius 3 is 2.44 bits per heavy atom. The van der Waals surface area contributed by atoms with Gasteiger partial charge in [0.25, 0.3) is 0 Å². The lowest BCUT2D eigenvalue weighted by atomic mass is 9.99. The van der Waals surface area contributed by atoms with Gasteiger partial charge in [-0.15, -0.1) is 0 Å². The summed E-state index contributed by atoms with van der Waals surface area (Å²) < 4.78 is 0. The van der Waals surface area contributed by atoms with E-state index in [-0.39, 0.29) is 12.2 Å². The standard InChI is InChI=1S/C13H17NO3S/c14-11(13(17)12(16)2-1-7-18)8-9-3-5-10(15)6-4-9/h3-6,11,15,18H,1-2,7-8,14H2/t11-/m0/s1. The molecule has 0 saturated carbocycles. The fraction of sp³-hybridized carbons (Fsp3) is 0.385. The lowest BCUT2D eigenvalue weighted by Crippen LogP contribution is -2.37. The molecule has 0 aliphatic rings. The number of ketones is 2. The van der Waals surface area contributed by atoms with Gasteiger partial charge in [-0.2, -0.15) is 12.6 Å². The molecule has 1 aromatic rings. The molecule has 1 atom stereocenters. The summed E-state index contributed by atoms with van der Waals surface area (Å²) in [6.45, 7) is 0. The van der Waals surface area contributed by atoms with Crippen LogP contribution in [0.2, 0.25) is 0 Å². The van der Waals surface area contributed by atoms with Crippen molar-refractivity contribution in [3.63, 3.8) is 0 Å². The summed E-state index contributed by atoms with van der Waals surface area (Å²) in [5, 5.41) is 9.13. The minimum absolute atomic E-state index is 0.156. The highest BCUT2D eigenvalue weighted by Gasteiger charge is 2.21. The summed E-state index contributed by atoms with van der Waals surface area (Å²) in [6.07, 6.45) is 1.08. The van der Waals surface area contributed by atoms with Crippen molar-refractivity contribution < 1.29 is 14.7 Å². The topological polar surface area (TPSA) is 80.4 Å². The summed E-state index contributed by atoms with van der Waals surface area (Å²) in [5.74, 6) is -0.240. The third kappa shape index (κ3) is 4.50. The van der Waals surface area contributed by atoms with Crippen LogP contribution in [0.4, 0.5) is 0 Å². The van der Waals surface area contributed by atoms with E-state index in [1.807, 2.05) is 0 Å². The third-order valence-electron chi connectivity index (χ3n) is 2.57. The number of aromatic hydroxyl groups is 1. The van der Waals surface area contributed by atoms with Gasteiger partial charge in [-0.3, -0.25) is 9.59 Å². The molecular formula is C13H17NO3S. The lowest BCUT2D eigenvalue weighted by Gasteiger charge is -2.09. The van der Waals surface area contributed by atoms with Gasteiger partial charge in [-0.05, 0) is 36.3 Å². The van der Waals surface area contributed by atoms with Crippen LogP contribution in [0.15, 0.2) is 24.3 Å². The summed E-state index contributed by atoms with van der Waals surface area (Å²) >= 11 is 3.99. The highest BCUT2D eigenvalue weighted by Crippen LogP contribution is 2.11. The number of phenols is 1. The number of carbonyl (C=O) groups is 2. The van der Waals surface area contributed by atoms with Crippen LogP contribution < -0.4 is 5.73 Å². The number of benzene rings is 1. The van der Waals surface area contributed by atoms with Crippen molar-refractivity contribution in [3.8, 4) is 5.75 Å². The van der Waals surface area contributed by atoms with Crippen molar-refractivity contribution >= 4 is 24.2 Å². The van der Waals surface area contributed by atoms with Crippen LogP contribution in [0.5, 0.6) is 5.75 Å². The van der Waals surface area contributed by atoms with Crippen molar-refractivity contribution in [2.75, 3.05) is 5.75 Å². The number of thiol groups is 1. The Labute approximate surface area is 112 Å². The molecule has 0 aliphatic carbocycles. The molecule has 1 rings (SSSR count). The van der Waals surface area contributed by atoms with Gasteiger partial charge in [0.2, 0.25) is 5.78 Å². The van der Waals surface area contributed by atoms with Crippen molar-refractivity contribution in [2.24, 2.45) is 5.73 Å². The molecule has 0 aliphatic heterocycles. The fourth-order valence-electron chi connectivity index (χ4n) is 1.55. The zero-order valence-electron chi connectivity index (χ0n) is 10.0. The number of phenolic OH excluding ortho intramolecular Hbond substituents is 1. The van der Waals surface area contributed by atoms with Gasteiger partial charge in [-0.1, -0.05) is 12.1 Å². The second-order valence-corrected chi connectivity index (χ2v) is 4.54. The van der Waals surface area contributed by atoms with Crippen molar-refractivity contribution in [1.29, 1.82) is 0 Å². The van der Waals surface area contributed by atoms with E-state index in [9.17, 15) is 9.59 Å². The average molecular weight is 267 g/mol. The second-order valence-electron chi connectivity index (χ2n) is 4.09. The molecule has 0 radical (unpaired) electrons. The molecule has 1 aromatic carbocycles. The Balaban J connectivity index is 2.54. The Bertz CT molecular complexity index is 417. The maximum atomic E-state index is 11.7. The van der Waals surface area contributed by atoms with E-state index in [4.69, 9.17) is 10.8 Å². The molecule has 3 N–H and O–H groups in total. The SMILES string of the molecule is N[C@@H](Cc1ccc(O)cc1)C(=O)C(=O)CCCS. The lowest BCUT2D eigenvalue weighted by molar-refractivity contribution is -0.137. The first kappa shape index (κ1) is 14.7. The van der Waals surface area contributed by atoms with Gasteiger partial charge in [0.1, 0.15) is 5.75 Å². The number of hydrogen-bond acceptors (Lipinski definition) is 5. The largest absolute Gasteiger partial charge is 0.508 e. The first-order valence-corrected chi connectivity index (χ1v) is 6.39. The van der Waals surface area contributed by atoms with Crippen molar-refractivity contribution in [3.05, 3.63) is 29.8 Å². The molecule has 18 heavy (non-hydrogen) atoms. The molecule has 4 nitrogen and oxygen atoms in total. The number of rotatable bonds is 7. The molecule has 0 amide bonds. The van der Waals surface area contributed by atoms with Gasteiger partial charge in [0.15, 0.2) is 5.78 Å². The normalized spacial score (nSPS) is 12.1. The summed E-state index contributed by atoms with van der Waals surface area (Å²) in [7, 11) is 0. The van der Waals surface area contributed by atoms with Gasteiger partial charge >= 0.3 is 0 Å². The number of nitrogens with two attached hydrogens (primary N) is 1. The zero-order valence-corrected chi connectivity index (χ0v) is 10.9. The van der Waals surface area contributed by atoms with E-state index < -0.39 is 17.6 Å². The molecule has 5 heteroatoms. The van der Waals surface area contributed by atoms with Crippen molar-refractivity contribution in [1.82, 2.24) is 0 Å². The Kier molecular flexibility index (Phi) is 5.88. The summed E-state index contributed by atoms with van der Waals surface area (Å²) in [5.41, 5.74) is 6.52. The monoisotopic (exact) mass is 267 g/mol. The third-order valence-corrected chi connectivity index (χ3v) is 2.88. The maximum Gasteiger partial charge on any atom is 0.215 e. The summed E-state index contributed by atoms with van der Waals surface area (Å²) in [4.78, 5) is 23.2. The van der Waals surface area contributed by atoms with Gasteiger partial charge in [0.05, 0.1) is 6.04 Å². The highest BCUT2D eigenvalue weighted by molar-refractivity contribution is 7.80. The maximum absolute atomic E-state index is 11.7. The van der Waals surface area contributed by atoms with Crippen LogP contribution in [0.1, 0.15) is 18.4 Å². The molecule has 0 spiro atoms. The van der Waals surface area contributed by atoms with Crippen LogP contribution in [-0.4, -0.2) is 28.5 Å². The smallest absolute Gasteiger partial charge is 0.215 e. The minimum Gasteiger partial charge on any atom is -0.508 e. The zero-order chi connectivity index (χ0) is 13.5. The number of Topliss-reactive ketones (excluding diaryl/α,β-unsaturated/α-hetero) is 2. The number of hydrogen-bond donors (Lipinski definition) is 3. The van der Waals surface area contributed by atoms with Crippen LogP contribution in [-0.2, 0) is 16.0 Å². The summed E-state index contributed by atoms with van der Waals surface area (Å²) in [6, 6.07) is 5.59. The second kappa shape index (κ2) is 7.18. The van der Waals surface area contributed by atoms with Gasteiger partial charge < -0.3 is 10.8 Å². The van der Waals surface area contributed by atoms with E-state index in [0.29, 0.717) is 18.6 Å². The first-order valence-electron chi connectivity index (χ1n) is 5.76. The molecule has 0 bridgehead atoms. The highest BCUT2D eigenvalue weighted by atomic mass is 32.1. The van der Waals surface area contributed by atoms with E-state index in [1.165, 1.54) is 12.1 Å². The van der Waals surface area contributed by atoms with Crippen molar-refractivity contribution in [2.45, 2.75) is 25.3 Å². The Morgan fingerprint density at radius 2 is 1.89 bits per heavy atom. The van der Waals surface area contributed by atoms with Gasteiger partial charge in [-0.25, -0.2) is 0 Å². The predicted molar refractivity (Wildman–Crippen MR) is 72.9 cm³/mol. The average Bonchev–Trinajstić information content (AvgIpc) is 2.37. The minimum atomic E-state index is -0.818. The predicted octanol–water partition coefficient (Wildman–Crippen LogP) is 1.11. The van der Waals surface area contributed by atoms with E-state index >= 15 is 0 Å². The van der Waals surface area contributed by atoms with E-state index in [0.717, 1.165) is 5.56 Å². The van der Waals surface area contributed by atoms with Crippen LogP contribution >= 0.6 is 12.6 Å². The first-order chi connectivity index (χ1) is 8.54. The Morgan fingerprint density at radius 1 is 1.28 bits per heavy atom. The molecule has 0 saturated heterocycles. The molecule has 98 valence electrons. The molecule has 0 aromatic heterocycles. The fourth-order valence-corrected chi connectivity index (χ4v) is 1.71. The van der Waals surface area contributed by atoms with Crippen LogP contribution in [0, 0.1) is 0 Å². The quantitative estimate of drug-likeness (QED) is 0.510. The van der Waals surface area contributed by atoms with Gasteiger partial charge in [0, 0.05) is 6.42 Å². The van der Waals surface area contributed by atoms with E-state index in [2.05, 4.69) is 12.6 Å². The van der Waals surface area contributed by atoms with E-state index in [1.54, 1.807) is 12.1 Å².